The molecule has 110 valence electrons. The molecule has 1 aromatic heterocycles. The maximum atomic E-state index is 12.0. The Morgan fingerprint density at radius 3 is 3.10 bits per heavy atom. The first kappa shape index (κ1) is 14.3. The minimum atomic E-state index is -0.811. The van der Waals surface area contributed by atoms with Crippen molar-refractivity contribution in [3.63, 3.8) is 0 Å². The Morgan fingerprint density at radius 1 is 1.55 bits per heavy atom. The van der Waals surface area contributed by atoms with Crippen LogP contribution in [-0.2, 0) is 11.2 Å². The number of carbonyl (C=O) groups excluding carboxylic acids is 1. The van der Waals surface area contributed by atoms with Gasteiger partial charge in [-0.1, -0.05) is 5.16 Å². The molecule has 1 unspecified atom stereocenters. The summed E-state index contributed by atoms with van der Waals surface area (Å²) < 4.78 is 4.60. The average molecular weight is 282 g/mol. The number of carboxylic acids is 1. The van der Waals surface area contributed by atoms with E-state index in [0.29, 0.717) is 31.9 Å². The molecule has 1 aromatic rings. The molecule has 0 aliphatic carbocycles. The van der Waals surface area contributed by atoms with Crippen molar-refractivity contribution in [2.24, 2.45) is 5.92 Å². The summed E-state index contributed by atoms with van der Waals surface area (Å²) in [5.74, 6) is -0.216. The second kappa shape index (κ2) is 6.88. The van der Waals surface area contributed by atoms with Crippen LogP contribution in [0.1, 0.15) is 25.1 Å². The van der Waals surface area contributed by atoms with Crippen molar-refractivity contribution < 1.29 is 19.2 Å². The highest BCUT2D eigenvalue weighted by Gasteiger charge is 2.24. The van der Waals surface area contributed by atoms with Crippen molar-refractivity contribution in [3.8, 4) is 0 Å². The van der Waals surface area contributed by atoms with Crippen LogP contribution in [0.4, 0.5) is 4.79 Å². The minimum absolute atomic E-state index is 0.0456. The highest BCUT2D eigenvalue weighted by atomic mass is 16.5. The third-order valence-corrected chi connectivity index (χ3v) is 3.30. The molecule has 1 atom stereocenters. The van der Waals surface area contributed by atoms with Crippen LogP contribution in [0.5, 0.6) is 0 Å². The molecule has 0 radical (unpaired) electrons. The van der Waals surface area contributed by atoms with Crippen LogP contribution < -0.4 is 5.32 Å². The van der Waals surface area contributed by atoms with Gasteiger partial charge in [0.25, 0.3) is 0 Å². The van der Waals surface area contributed by atoms with Gasteiger partial charge in [-0.2, -0.15) is 4.98 Å². The quantitative estimate of drug-likeness (QED) is 0.814. The number of amides is 2. The molecular weight excluding hydrogens is 264 g/mol. The number of piperidine rings is 1. The molecule has 1 fully saturated rings. The van der Waals surface area contributed by atoms with Crippen molar-refractivity contribution in [2.45, 2.75) is 25.7 Å². The maximum Gasteiger partial charge on any atom is 0.317 e. The van der Waals surface area contributed by atoms with Gasteiger partial charge in [0.05, 0.1) is 0 Å². The lowest BCUT2D eigenvalue weighted by Gasteiger charge is -2.32. The molecule has 2 amide bonds. The summed E-state index contributed by atoms with van der Waals surface area (Å²) in [5, 5.41) is 15.2. The summed E-state index contributed by atoms with van der Waals surface area (Å²) in [6, 6.07) is -0.163. The van der Waals surface area contributed by atoms with Crippen LogP contribution in [0.25, 0.3) is 0 Å². The Kier molecular flexibility index (Phi) is 4.91. The van der Waals surface area contributed by atoms with Gasteiger partial charge in [-0.25, -0.2) is 4.79 Å². The standard InChI is InChI=1S/C12H18N4O4/c17-11(18)6-9-2-1-5-16(7-9)12(19)13-4-3-10-14-8-20-15-10/h8-9H,1-7H2,(H,13,19)(H,17,18). The van der Waals surface area contributed by atoms with E-state index in [1.165, 1.54) is 6.39 Å². The summed E-state index contributed by atoms with van der Waals surface area (Å²) >= 11 is 0. The molecule has 8 nitrogen and oxygen atoms in total. The van der Waals surface area contributed by atoms with Crippen molar-refractivity contribution >= 4 is 12.0 Å². The van der Waals surface area contributed by atoms with Crippen molar-refractivity contribution in [2.75, 3.05) is 19.6 Å². The molecule has 0 saturated carbocycles. The lowest BCUT2D eigenvalue weighted by atomic mass is 9.95. The number of carbonyl (C=O) groups is 2. The summed E-state index contributed by atoms with van der Waals surface area (Å²) in [6.45, 7) is 1.60. The molecule has 1 aliphatic heterocycles. The molecular formula is C12H18N4O4. The van der Waals surface area contributed by atoms with E-state index in [0.717, 1.165) is 12.8 Å². The summed E-state index contributed by atoms with van der Waals surface area (Å²) in [5.41, 5.74) is 0. The third-order valence-electron chi connectivity index (χ3n) is 3.30. The molecule has 0 spiro atoms. The van der Waals surface area contributed by atoms with Crippen LogP contribution in [0.3, 0.4) is 0 Å². The lowest BCUT2D eigenvalue weighted by molar-refractivity contribution is -0.138. The fourth-order valence-corrected chi connectivity index (χ4v) is 2.36. The number of aliphatic carboxylic acids is 1. The van der Waals surface area contributed by atoms with E-state index in [9.17, 15) is 9.59 Å². The molecule has 20 heavy (non-hydrogen) atoms. The Bertz CT molecular complexity index is 448. The van der Waals surface area contributed by atoms with Crippen LogP contribution in [0.15, 0.2) is 10.9 Å². The predicted octanol–water partition coefficient (Wildman–Crippen LogP) is 0.508. The second-order valence-electron chi connectivity index (χ2n) is 4.88. The van der Waals surface area contributed by atoms with Gasteiger partial charge in [0.15, 0.2) is 5.82 Å². The molecule has 8 heteroatoms. The number of aromatic nitrogens is 2. The molecule has 2 N–H and O–H groups in total. The molecule has 0 aromatic carbocycles. The minimum Gasteiger partial charge on any atom is -0.481 e. The number of likely N-dealkylation sites (tertiary alicyclic amines) is 1. The van der Waals surface area contributed by atoms with Crippen LogP contribution >= 0.6 is 0 Å². The van der Waals surface area contributed by atoms with Crippen LogP contribution in [0.2, 0.25) is 0 Å². The maximum absolute atomic E-state index is 12.0. The normalized spacial score (nSPS) is 18.8. The van der Waals surface area contributed by atoms with E-state index >= 15 is 0 Å². The van der Waals surface area contributed by atoms with E-state index in [2.05, 4.69) is 20.0 Å². The number of nitrogens with one attached hydrogen (secondary N) is 1. The van der Waals surface area contributed by atoms with Gasteiger partial charge in [-0.3, -0.25) is 4.79 Å². The highest BCUT2D eigenvalue weighted by Crippen LogP contribution is 2.19. The molecule has 2 rings (SSSR count). The summed E-state index contributed by atoms with van der Waals surface area (Å²) in [7, 11) is 0. The van der Waals surface area contributed by atoms with Gasteiger partial charge in [0.2, 0.25) is 6.39 Å². The van der Waals surface area contributed by atoms with E-state index in [1.54, 1.807) is 4.90 Å². The molecule has 1 saturated heterocycles. The average Bonchev–Trinajstić information content (AvgIpc) is 2.91. The number of urea groups is 1. The van der Waals surface area contributed by atoms with Gasteiger partial charge in [-0.05, 0) is 18.8 Å². The first-order valence-corrected chi connectivity index (χ1v) is 6.65. The monoisotopic (exact) mass is 282 g/mol. The lowest BCUT2D eigenvalue weighted by Crippen LogP contribution is -2.46. The first-order valence-electron chi connectivity index (χ1n) is 6.65. The van der Waals surface area contributed by atoms with Crippen LogP contribution in [0, 0.1) is 5.92 Å². The van der Waals surface area contributed by atoms with Gasteiger partial charge in [0, 0.05) is 32.5 Å². The van der Waals surface area contributed by atoms with Gasteiger partial charge in [0.1, 0.15) is 0 Å². The van der Waals surface area contributed by atoms with Gasteiger partial charge < -0.3 is 19.8 Å². The van der Waals surface area contributed by atoms with Gasteiger partial charge in [-0.15, -0.1) is 0 Å². The topological polar surface area (TPSA) is 109 Å². The summed E-state index contributed by atoms with van der Waals surface area (Å²) in [6.07, 6.45) is 3.58. The van der Waals surface area contributed by atoms with Crippen molar-refractivity contribution in [3.05, 3.63) is 12.2 Å². The highest BCUT2D eigenvalue weighted by molar-refractivity contribution is 5.74. The first-order chi connectivity index (χ1) is 9.65. The Hall–Kier alpha value is -2.12. The fourth-order valence-electron chi connectivity index (χ4n) is 2.36. The molecule has 0 bridgehead atoms. The SMILES string of the molecule is O=C(O)CC1CCCN(C(=O)NCCc2ncon2)C1. The van der Waals surface area contributed by atoms with Crippen molar-refractivity contribution in [1.82, 2.24) is 20.4 Å². The summed E-state index contributed by atoms with van der Waals surface area (Å²) in [4.78, 5) is 28.2. The largest absolute Gasteiger partial charge is 0.481 e. The molecule has 1 aliphatic rings. The number of carboxylic acid groups (broad SMARTS) is 1. The number of hydrogen-bond acceptors (Lipinski definition) is 5. The van der Waals surface area contributed by atoms with E-state index in [1.807, 2.05) is 0 Å². The van der Waals surface area contributed by atoms with Crippen LogP contribution in [-0.4, -0.2) is 51.8 Å². The Balaban J connectivity index is 1.72. The number of hydrogen-bond donors (Lipinski definition) is 2. The zero-order valence-corrected chi connectivity index (χ0v) is 11.1. The van der Waals surface area contributed by atoms with E-state index < -0.39 is 5.97 Å². The predicted molar refractivity (Wildman–Crippen MR) is 68.0 cm³/mol. The third kappa shape index (κ3) is 4.22. The number of rotatable bonds is 5. The van der Waals surface area contributed by atoms with E-state index in [-0.39, 0.29) is 18.4 Å². The van der Waals surface area contributed by atoms with Gasteiger partial charge >= 0.3 is 12.0 Å². The second-order valence-corrected chi connectivity index (χ2v) is 4.88. The Morgan fingerprint density at radius 2 is 2.40 bits per heavy atom. The Labute approximate surface area is 116 Å². The molecule has 2 heterocycles. The van der Waals surface area contributed by atoms with Crippen molar-refractivity contribution in [1.29, 1.82) is 0 Å². The zero-order chi connectivity index (χ0) is 14.4. The smallest absolute Gasteiger partial charge is 0.317 e. The van der Waals surface area contributed by atoms with E-state index in [4.69, 9.17) is 5.11 Å². The zero-order valence-electron chi connectivity index (χ0n) is 11.1. The number of nitrogens with zero attached hydrogens (tertiary/aromatic N) is 3. The fraction of sp³-hybridized carbons (Fsp3) is 0.667.